The number of hydrogen-bond donors (Lipinski definition) is 0. The fourth-order valence-electron chi connectivity index (χ4n) is 7.35. The average Bonchev–Trinajstić information content (AvgIpc) is 3.80. The molecule has 5 heterocycles. The number of allylic oxidation sites excluding steroid dienone is 12. The van der Waals surface area contributed by atoms with Crippen LogP contribution in [0.2, 0.25) is 0 Å². The number of rotatable bonds is 16. The molecule has 0 aliphatic carbocycles. The van der Waals surface area contributed by atoms with Gasteiger partial charge in [-0.2, -0.15) is 0 Å². The summed E-state index contributed by atoms with van der Waals surface area (Å²) < 4.78 is 0. The van der Waals surface area contributed by atoms with E-state index in [4.69, 9.17) is 19.9 Å². The van der Waals surface area contributed by atoms with Gasteiger partial charge in [-0.25, -0.2) is 9.97 Å². The minimum absolute atomic E-state index is 0. The number of nitrogens with zero attached hydrogens (tertiary/aromatic N) is 4. The molecular weight excluding hydrogens is 764 g/mol. The van der Waals surface area contributed by atoms with E-state index < -0.39 is 11.9 Å². The van der Waals surface area contributed by atoms with E-state index in [0.717, 1.165) is 93.4 Å². The second kappa shape index (κ2) is 20.4. The molecule has 2 aliphatic heterocycles. The van der Waals surface area contributed by atoms with Crippen LogP contribution in [-0.2, 0) is 33.1 Å². The minimum Gasteiger partial charge on any atom is -0.657 e. The van der Waals surface area contributed by atoms with Crippen molar-refractivity contribution in [1.29, 1.82) is 0 Å². The summed E-state index contributed by atoms with van der Waals surface area (Å²) in [6.45, 7) is 20.7. The summed E-state index contributed by atoms with van der Waals surface area (Å²) in [5.74, 6) is -2.30. The third kappa shape index (κ3) is 11.2. The molecule has 0 saturated heterocycles. The van der Waals surface area contributed by atoms with Gasteiger partial charge in [0.1, 0.15) is 0 Å². The monoisotopic (exact) mass is 818 g/mol. The molecule has 0 amide bonds. The second-order valence-electron chi connectivity index (χ2n) is 15.4. The zero-order chi connectivity index (χ0) is 41.4. The normalized spacial score (nSPS) is 13.3. The Kier molecular flexibility index (Phi) is 16.0. The molecule has 0 N–H and O–H groups in total. The molecule has 0 radical (unpaired) electrons. The summed E-state index contributed by atoms with van der Waals surface area (Å²) in [6.07, 6.45) is 18.2. The Labute approximate surface area is 353 Å². The van der Waals surface area contributed by atoms with Crippen LogP contribution in [0.5, 0.6) is 0 Å². The molecule has 3 aromatic rings. The Morgan fingerprint density at radius 2 is 1.22 bits per heavy atom. The number of carboxylic acid groups (broad SMARTS) is 2. The van der Waals surface area contributed by atoms with Crippen molar-refractivity contribution in [3.63, 3.8) is 0 Å². The molecule has 0 spiro atoms. The molecule has 0 aromatic carbocycles. The molecule has 9 heteroatoms. The van der Waals surface area contributed by atoms with Crippen molar-refractivity contribution in [2.45, 2.75) is 113 Å². The summed E-state index contributed by atoms with van der Waals surface area (Å²) in [5, 5.41) is 23.2. The Balaban J connectivity index is 0.00000744. The third-order valence-electron chi connectivity index (χ3n) is 10.8. The van der Waals surface area contributed by atoms with E-state index in [9.17, 15) is 19.8 Å². The molecule has 8 nitrogen and oxygen atoms in total. The fraction of sp³-hybridized carbons (Fsp3) is 0.347. The summed E-state index contributed by atoms with van der Waals surface area (Å²) >= 11 is 0. The predicted molar refractivity (Wildman–Crippen MR) is 230 cm³/mol. The maximum Gasteiger partial charge on any atom is 0.0700 e. The SMILES string of the molecule is C=CC1=C(C)c2cc3[n-]c(cc4nc(cc5[n-]c(cc1n2)c(C)c5CCC(=O)[O-])C(CCC(=O)[O-])=C4C)c(C)c3/C=C/C/C=C(\C)CC/C=C(\C)CCC=C(C)C.[Fe]. The van der Waals surface area contributed by atoms with E-state index in [-0.39, 0.29) is 42.8 Å². The van der Waals surface area contributed by atoms with E-state index >= 15 is 0 Å². The van der Waals surface area contributed by atoms with Gasteiger partial charge in [-0.05, 0) is 135 Å². The zero-order valence-corrected chi connectivity index (χ0v) is 36.2. The maximum atomic E-state index is 11.6. The van der Waals surface area contributed by atoms with E-state index in [1.165, 1.54) is 16.7 Å². The summed E-state index contributed by atoms with van der Waals surface area (Å²) in [4.78, 5) is 43.4. The number of carbonyl (C=O) groups is 2. The van der Waals surface area contributed by atoms with Crippen LogP contribution in [0.15, 0.2) is 77.9 Å². The van der Waals surface area contributed by atoms with Crippen LogP contribution in [0, 0.1) is 13.8 Å². The van der Waals surface area contributed by atoms with Crippen LogP contribution in [0.4, 0.5) is 0 Å². The fourth-order valence-corrected chi connectivity index (χ4v) is 7.35. The quantitative estimate of drug-likeness (QED) is 0.103. The Hall–Kier alpha value is -5.24. The molecule has 3 aromatic heterocycles. The number of carbonyl (C=O) groups excluding carboxylic acids is 2. The van der Waals surface area contributed by atoms with Crippen molar-refractivity contribution >= 4 is 62.4 Å². The minimum atomic E-state index is -1.15. The van der Waals surface area contributed by atoms with Crippen molar-refractivity contribution in [1.82, 2.24) is 19.9 Å². The second-order valence-corrected chi connectivity index (χ2v) is 15.4. The van der Waals surface area contributed by atoms with Crippen LogP contribution < -0.4 is 20.2 Å². The first-order chi connectivity index (χ1) is 27.2. The largest absolute Gasteiger partial charge is 0.657 e. The molecule has 5 rings (SSSR count). The van der Waals surface area contributed by atoms with Crippen LogP contribution in [0.3, 0.4) is 0 Å². The number of aromatic nitrogens is 4. The molecule has 2 aliphatic rings. The van der Waals surface area contributed by atoms with Gasteiger partial charge in [0.2, 0.25) is 0 Å². The van der Waals surface area contributed by atoms with Gasteiger partial charge >= 0.3 is 0 Å². The molecule has 306 valence electrons. The van der Waals surface area contributed by atoms with Gasteiger partial charge in [0.05, 0.1) is 22.8 Å². The van der Waals surface area contributed by atoms with Gasteiger partial charge in [0, 0.05) is 34.6 Å². The number of aryl methyl sites for hydroxylation is 3. The van der Waals surface area contributed by atoms with Gasteiger partial charge in [-0.3, -0.25) is 0 Å². The molecule has 0 saturated carbocycles. The smallest absolute Gasteiger partial charge is 0.0700 e. The van der Waals surface area contributed by atoms with E-state index in [2.05, 4.69) is 71.6 Å². The average molecular weight is 819 g/mol. The first kappa shape index (κ1) is 45.5. The Morgan fingerprint density at radius 3 is 1.90 bits per heavy atom. The zero-order valence-electron chi connectivity index (χ0n) is 35.1. The first-order valence-corrected chi connectivity index (χ1v) is 19.9. The standard InChI is InChI=1S/C49H58N4O4.Fe/c1-10-36-32(6)42-27-45-37(20-12-11-16-30(4)18-14-19-31(5)17-13-15-29(2)3)33(7)40(51-45)25-41-34(8)38(21-23-48(54)55)46(52-41)28-47-39(22-24-49(56)57)35(9)43(53-47)26-44(36)50-42;/h10,12,15-16,19-20,25-28H,1,11,13-14,17-18,21-24H2,2-9H3,(H4,50,51,52,53,54,55,56,57);/p-4/b20-12+,30-16+,31-19+,40-25?,41-25?,42-27?,43-26?,44-26?,45-27?,46-28?,47-28?;. The van der Waals surface area contributed by atoms with Gasteiger partial charge in [0.15, 0.2) is 0 Å². The van der Waals surface area contributed by atoms with Crippen LogP contribution in [0.1, 0.15) is 138 Å². The Morgan fingerprint density at radius 1 is 0.672 bits per heavy atom. The first-order valence-electron chi connectivity index (χ1n) is 19.9. The molecule has 0 fully saturated rings. The van der Waals surface area contributed by atoms with E-state index in [0.29, 0.717) is 28.1 Å². The Bertz CT molecular complexity index is 2440. The molecule has 8 bridgehead atoms. The number of carboxylic acids is 2. The molecule has 0 unspecified atom stereocenters. The maximum absolute atomic E-state index is 11.6. The van der Waals surface area contributed by atoms with Crippen molar-refractivity contribution in [3.8, 4) is 0 Å². The molecule has 58 heavy (non-hydrogen) atoms. The summed E-state index contributed by atoms with van der Waals surface area (Å²) in [7, 11) is 0. The van der Waals surface area contributed by atoms with Gasteiger partial charge < -0.3 is 29.8 Å². The topological polar surface area (TPSA) is 134 Å². The van der Waals surface area contributed by atoms with Crippen LogP contribution in [-0.4, -0.2) is 21.9 Å². The predicted octanol–water partition coefficient (Wildman–Crippen LogP) is 9.27. The summed E-state index contributed by atoms with van der Waals surface area (Å²) in [5.41, 5.74) is 16.7. The molecule has 0 atom stereocenters. The van der Waals surface area contributed by atoms with Crippen molar-refractivity contribution < 1.29 is 36.9 Å². The number of aliphatic carboxylic acids is 2. The van der Waals surface area contributed by atoms with Crippen molar-refractivity contribution in [2.24, 2.45) is 0 Å². The van der Waals surface area contributed by atoms with Gasteiger partial charge in [-0.1, -0.05) is 101 Å². The number of hydrogen-bond acceptors (Lipinski definition) is 6. The number of fused-ring (bicyclic) bond motifs is 8. The van der Waals surface area contributed by atoms with Crippen molar-refractivity contribution in [3.05, 3.63) is 123 Å². The van der Waals surface area contributed by atoms with Crippen molar-refractivity contribution in [2.75, 3.05) is 0 Å². The van der Waals surface area contributed by atoms with E-state index in [1.807, 2.05) is 45.0 Å². The van der Waals surface area contributed by atoms with Gasteiger partial charge in [0.25, 0.3) is 0 Å². The van der Waals surface area contributed by atoms with Gasteiger partial charge in [-0.15, -0.1) is 22.1 Å². The van der Waals surface area contributed by atoms with Crippen LogP contribution in [0.25, 0.3) is 50.4 Å². The van der Waals surface area contributed by atoms with Crippen LogP contribution >= 0.6 is 0 Å². The molecular formula is C49H54FeN4O4-4. The van der Waals surface area contributed by atoms with E-state index in [1.54, 1.807) is 6.08 Å². The summed E-state index contributed by atoms with van der Waals surface area (Å²) in [6, 6.07) is 7.71. The third-order valence-corrected chi connectivity index (χ3v) is 10.8.